The Kier molecular flexibility index (Phi) is 5.35. The zero-order valence-corrected chi connectivity index (χ0v) is 12.4. The number of aromatic nitrogens is 1. The smallest absolute Gasteiger partial charge is 0.253 e. The average molecular weight is 276 g/mol. The van der Waals surface area contributed by atoms with E-state index in [1.807, 2.05) is 12.1 Å². The van der Waals surface area contributed by atoms with Gasteiger partial charge >= 0.3 is 0 Å². The van der Waals surface area contributed by atoms with Crippen LogP contribution in [0.5, 0.6) is 0 Å². The highest BCUT2D eigenvalue weighted by atomic mass is 16.1. The van der Waals surface area contributed by atoms with Crippen molar-refractivity contribution >= 4 is 11.7 Å². The molecule has 110 valence electrons. The van der Waals surface area contributed by atoms with Gasteiger partial charge in [-0.15, -0.1) is 0 Å². The molecular formula is C15H24N4O. The third kappa shape index (κ3) is 4.20. The summed E-state index contributed by atoms with van der Waals surface area (Å²) in [6, 6.07) is 3.93. The van der Waals surface area contributed by atoms with E-state index >= 15 is 0 Å². The SMILES string of the molecule is CCCNc1ccc(C(=O)NC2CCCN(C)C2)cn1. The van der Waals surface area contributed by atoms with Gasteiger partial charge in [-0.1, -0.05) is 6.92 Å². The first kappa shape index (κ1) is 14.8. The number of rotatable bonds is 5. The lowest BCUT2D eigenvalue weighted by molar-refractivity contribution is 0.0912. The second-order valence-corrected chi connectivity index (χ2v) is 5.43. The molecule has 1 saturated heterocycles. The zero-order valence-electron chi connectivity index (χ0n) is 12.4. The van der Waals surface area contributed by atoms with E-state index in [-0.39, 0.29) is 11.9 Å². The van der Waals surface area contributed by atoms with Gasteiger partial charge in [0.2, 0.25) is 0 Å². The van der Waals surface area contributed by atoms with Crippen molar-refractivity contribution < 1.29 is 4.79 Å². The highest BCUT2D eigenvalue weighted by molar-refractivity contribution is 5.94. The zero-order chi connectivity index (χ0) is 14.4. The Morgan fingerprint density at radius 1 is 1.50 bits per heavy atom. The lowest BCUT2D eigenvalue weighted by Gasteiger charge is -2.30. The van der Waals surface area contributed by atoms with Crippen molar-refractivity contribution in [1.29, 1.82) is 0 Å². The van der Waals surface area contributed by atoms with Crippen LogP contribution in [-0.4, -0.2) is 48.5 Å². The number of pyridine rings is 1. The molecule has 1 amide bonds. The first-order valence-electron chi connectivity index (χ1n) is 7.38. The van der Waals surface area contributed by atoms with E-state index in [4.69, 9.17) is 0 Å². The number of hydrogen-bond donors (Lipinski definition) is 2. The number of carbonyl (C=O) groups excluding carboxylic acids is 1. The molecule has 2 N–H and O–H groups in total. The molecule has 1 unspecified atom stereocenters. The number of nitrogens with zero attached hydrogens (tertiary/aromatic N) is 2. The molecule has 1 atom stereocenters. The Balaban J connectivity index is 1.88. The average Bonchev–Trinajstić information content (AvgIpc) is 2.45. The number of likely N-dealkylation sites (N-methyl/N-ethyl adjacent to an activating group) is 1. The molecule has 2 rings (SSSR count). The number of carbonyl (C=O) groups is 1. The minimum Gasteiger partial charge on any atom is -0.370 e. The van der Waals surface area contributed by atoms with Gasteiger partial charge in [-0.3, -0.25) is 4.79 Å². The molecule has 0 bridgehead atoms. The highest BCUT2D eigenvalue weighted by Crippen LogP contribution is 2.10. The molecule has 1 aromatic heterocycles. The monoisotopic (exact) mass is 276 g/mol. The summed E-state index contributed by atoms with van der Waals surface area (Å²) in [5.41, 5.74) is 0.625. The normalized spacial score (nSPS) is 19.6. The Bertz CT molecular complexity index is 432. The molecule has 1 aliphatic rings. The van der Waals surface area contributed by atoms with Crippen molar-refractivity contribution in [2.24, 2.45) is 0 Å². The molecule has 0 saturated carbocycles. The first-order valence-corrected chi connectivity index (χ1v) is 7.38. The highest BCUT2D eigenvalue weighted by Gasteiger charge is 2.19. The van der Waals surface area contributed by atoms with Crippen molar-refractivity contribution in [3.8, 4) is 0 Å². The lowest BCUT2D eigenvalue weighted by Crippen LogP contribution is -2.46. The van der Waals surface area contributed by atoms with Crippen LogP contribution in [0.3, 0.4) is 0 Å². The maximum Gasteiger partial charge on any atom is 0.253 e. The van der Waals surface area contributed by atoms with Crippen molar-refractivity contribution in [3.63, 3.8) is 0 Å². The Morgan fingerprint density at radius 3 is 3.00 bits per heavy atom. The van der Waals surface area contributed by atoms with Gasteiger partial charge < -0.3 is 15.5 Å². The molecule has 5 heteroatoms. The van der Waals surface area contributed by atoms with Crippen LogP contribution in [0.2, 0.25) is 0 Å². The summed E-state index contributed by atoms with van der Waals surface area (Å²) in [5, 5.41) is 6.29. The van der Waals surface area contributed by atoms with Gasteiger partial charge in [-0.25, -0.2) is 4.98 Å². The van der Waals surface area contributed by atoms with E-state index < -0.39 is 0 Å². The van der Waals surface area contributed by atoms with Gasteiger partial charge in [-0.05, 0) is 45.0 Å². The largest absolute Gasteiger partial charge is 0.370 e. The Morgan fingerprint density at radius 2 is 2.35 bits per heavy atom. The van der Waals surface area contributed by atoms with Gasteiger partial charge in [0, 0.05) is 25.3 Å². The fraction of sp³-hybridized carbons (Fsp3) is 0.600. The first-order chi connectivity index (χ1) is 9.69. The topological polar surface area (TPSA) is 57.3 Å². The minimum atomic E-state index is -0.0279. The van der Waals surface area contributed by atoms with Crippen molar-refractivity contribution in [2.75, 3.05) is 32.0 Å². The number of anilines is 1. The van der Waals surface area contributed by atoms with Crippen molar-refractivity contribution in [1.82, 2.24) is 15.2 Å². The van der Waals surface area contributed by atoms with Crippen LogP contribution >= 0.6 is 0 Å². The fourth-order valence-electron chi connectivity index (χ4n) is 2.44. The van der Waals surface area contributed by atoms with Crippen molar-refractivity contribution in [3.05, 3.63) is 23.9 Å². The van der Waals surface area contributed by atoms with Gasteiger partial charge in [0.1, 0.15) is 5.82 Å². The number of nitrogens with one attached hydrogen (secondary N) is 2. The predicted molar refractivity (Wildman–Crippen MR) is 81.0 cm³/mol. The number of amides is 1. The molecule has 20 heavy (non-hydrogen) atoms. The van der Waals surface area contributed by atoms with Crippen LogP contribution in [0, 0.1) is 0 Å². The van der Waals surface area contributed by atoms with Gasteiger partial charge in [0.15, 0.2) is 0 Å². The molecule has 0 aromatic carbocycles. The van der Waals surface area contributed by atoms with E-state index in [9.17, 15) is 4.79 Å². The Labute approximate surface area is 120 Å². The molecule has 1 aromatic rings. The molecule has 1 fully saturated rings. The Hall–Kier alpha value is -1.62. The maximum absolute atomic E-state index is 12.2. The van der Waals surface area contributed by atoms with Crippen LogP contribution in [0.15, 0.2) is 18.3 Å². The van der Waals surface area contributed by atoms with Crippen LogP contribution in [0.4, 0.5) is 5.82 Å². The van der Waals surface area contributed by atoms with Crippen LogP contribution in [-0.2, 0) is 0 Å². The standard InChI is InChI=1S/C15H24N4O/c1-3-8-16-14-7-6-12(10-17-14)15(20)18-13-5-4-9-19(2)11-13/h6-7,10,13H,3-5,8-9,11H2,1-2H3,(H,16,17)(H,18,20). The second kappa shape index (κ2) is 7.24. The van der Waals surface area contributed by atoms with E-state index in [1.54, 1.807) is 6.20 Å². The fourth-order valence-corrected chi connectivity index (χ4v) is 2.44. The predicted octanol–water partition coefficient (Wildman–Crippen LogP) is 1.73. The minimum absolute atomic E-state index is 0.0279. The van der Waals surface area contributed by atoms with Gasteiger partial charge in [0.05, 0.1) is 5.56 Å². The summed E-state index contributed by atoms with van der Waals surface area (Å²) >= 11 is 0. The number of piperidine rings is 1. The molecule has 0 radical (unpaired) electrons. The maximum atomic E-state index is 12.2. The van der Waals surface area contributed by atoms with E-state index in [0.29, 0.717) is 5.56 Å². The molecule has 2 heterocycles. The number of likely N-dealkylation sites (tertiary alicyclic amines) is 1. The van der Waals surface area contributed by atoms with E-state index in [1.165, 1.54) is 0 Å². The van der Waals surface area contributed by atoms with Gasteiger partial charge in [-0.2, -0.15) is 0 Å². The van der Waals surface area contributed by atoms with Crippen molar-refractivity contribution in [2.45, 2.75) is 32.2 Å². The lowest BCUT2D eigenvalue weighted by atomic mass is 10.1. The van der Waals surface area contributed by atoms with Crippen LogP contribution in [0.1, 0.15) is 36.5 Å². The second-order valence-electron chi connectivity index (χ2n) is 5.43. The quantitative estimate of drug-likeness (QED) is 0.860. The van der Waals surface area contributed by atoms with E-state index in [0.717, 1.165) is 44.7 Å². The number of hydrogen-bond acceptors (Lipinski definition) is 4. The molecule has 0 spiro atoms. The summed E-state index contributed by atoms with van der Waals surface area (Å²) < 4.78 is 0. The molecular weight excluding hydrogens is 252 g/mol. The molecule has 1 aliphatic heterocycles. The van der Waals surface area contributed by atoms with E-state index in [2.05, 4.69) is 34.5 Å². The summed E-state index contributed by atoms with van der Waals surface area (Å²) in [6.45, 7) is 5.05. The third-order valence-corrected chi connectivity index (χ3v) is 3.54. The van der Waals surface area contributed by atoms with Crippen LogP contribution < -0.4 is 10.6 Å². The summed E-state index contributed by atoms with van der Waals surface area (Å²) in [5.74, 6) is 0.792. The molecule has 5 nitrogen and oxygen atoms in total. The summed E-state index contributed by atoms with van der Waals surface area (Å²) in [7, 11) is 2.09. The summed E-state index contributed by atoms with van der Waals surface area (Å²) in [6.07, 6.45) is 4.89. The van der Waals surface area contributed by atoms with Crippen LogP contribution in [0.25, 0.3) is 0 Å². The summed E-state index contributed by atoms with van der Waals surface area (Å²) in [4.78, 5) is 18.7. The molecule has 0 aliphatic carbocycles. The third-order valence-electron chi connectivity index (χ3n) is 3.54. The van der Waals surface area contributed by atoms with Gasteiger partial charge in [0.25, 0.3) is 5.91 Å².